The summed E-state index contributed by atoms with van der Waals surface area (Å²) in [5, 5.41) is 0. The Kier molecular flexibility index (Phi) is 5.76. The third-order valence-electron chi connectivity index (χ3n) is 8.02. The van der Waals surface area contributed by atoms with Crippen LogP contribution >= 0.6 is 0 Å². The third kappa shape index (κ3) is 3.74. The Morgan fingerprint density at radius 3 is 2.33 bits per heavy atom. The summed E-state index contributed by atoms with van der Waals surface area (Å²) in [5.41, 5.74) is 0.0222. The minimum atomic E-state index is -0.706. The molecule has 0 amide bonds. The van der Waals surface area contributed by atoms with Crippen molar-refractivity contribution in [1.82, 2.24) is 0 Å². The molecule has 2 saturated carbocycles. The van der Waals surface area contributed by atoms with E-state index in [0.717, 1.165) is 12.8 Å². The smallest absolute Gasteiger partial charge is 0.303 e. The second kappa shape index (κ2) is 7.61. The molecule has 3 aliphatic rings. The molecule has 5 unspecified atom stereocenters. The number of rotatable bonds is 4. The van der Waals surface area contributed by atoms with E-state index in [9.17, 15) is 19.2 Å². The SMILES string of the molecule is CC(=O)OCC(=O)C1(C)CCC2C(=CCC3C(C)(C)C(OC(C)=O)C(=O)CC23C)C1. The van der Waals surface area contributed by atoms with E-state index in [1.54, 1.807) is 0 Å². The Hall–Kier alpha value is -1.98. The maximum Gasteiger partial charge on any atom is 0.303 e. The van der Waals surface area contributed by atoms with E-state index >= 15 is 0 Å². The van der Waals surface area contributed by atoms with Gasteiger partial charge in [-0.2, -0.15) is 0 Å². The van der Waals surface area contributed by atoms with E-state index in [-0.39, 0.29) is 35.4 Å². The van der Waals surface area contributed by atoms with Crippen LogP contribution in [0.25, 0.3) is 0 Å². The average molecular weight is 419 g/mol. The zero-order valence-corrected chi connectivity index (χ0v) is 19.0. The largest absolute Gasteiger partial charge is 0.458 e. The van der Waals surface area contributed by atoms with E-state index in [1.807, 2.05) is 20.8 Å². The van der Waals surface area contributed by atoms with E-state index in [1.165, 1.54) is 19.4 Å². The quantitative estimate of drug-likeness (QED) is 0.510. The summed E-state index contributed by atoms with van der Waals surface area (Å²) in [6.45, 7) is 10.7. The number of allylic oxidation sites excluding steroid dienone is 2. The van der Waals surface area contributed by atoms with Gasteiger partial charge in [0.05, 0.1) is 0 Å². The first kappa shape index (κ1) is 22.7. The van der Waals surface area contributed by atoms with Gasteiger partial charge in [-0.25, -0.2) is 0 Å². The number of ketones is 2. The molecule has 5 atom stereocenters. The molecule has 2 fully saturated rings. The molecule has 3 aliphatic carbocycles. The van der Waals surface area contributed by atoms with Crippen molar-refractivity contribution in [1.29, 1.82) is 0 Å². The van der Waals surface area contributed by atoms with Crippen LogP contribution in [0.5, 0.6) is 0 Å². The summed E-state index contributed by atoms with van der Waals surface area (Å²) in [7, 11) is 0. The lowest BCUT2D eigenvalue weighted by molar-refractivity contribution is -0.180. The molecule has 0 aromatic heterocycles. The summed E-state index contributed by atoms with van der Waals surface area (Å²) in [5.74, 6) is -0.474. The van der Waals surface area contributed by atoms with Crippen LogP contribution in [0.3, 0.4) is 0 Å². The molecule has 0 aliphatic heterocycles. The van der Waals surface area contributed by atoms with Gasteiger partial charge in [0.15, 0.2) is 24.3 Å². The molecule has 0 aromatic rings. The molecule has 6 heteroatoms. The first-order valence-corrected chi connectivity index (χ1v) is 10.9. The normalized spacial score (nSPS) is 37.3. The lowest BCUT2D eigenvalue weighted by Crippen LogP contribution is -2.60. The van der Waals surface area contributed by atoms with Gasteiger partial charge >= 0.3 is 11.9 Å². The van der Waals surface area contributed by atoms with Gasteiger partial charge < -0.3 is 9.47 Å². The van der Waals surface area contributed by atoms with Crippen LogP contribution in [-0.4, -0.2) is 36.2 Å². The van der Waals surface area contributed by atoms with Gasteiger partial charge in [-0.15, -0.1) is 0 Å². The minimum Gasteiger partial charge on any atom is -0.458 e. The highest BCUT2D eigenvalue weighted by molar-refractivity contribution is 5.89. The molecular weight excluding hydrogens is 384 g/mol. The maximum absolute atomic E-state index is 13.1. The fraction of sp³-hybridized carbons (Fsp3) is 0.750. The number of fused-ring (bicyclic) bond motifs is 3. The zero-order valence-electron chi connectivity index (χ0n) is 19.0. The predicted octanol–water partition coefficient (Wildman–Crippen LogP) is 3.81. The van der Waals surface area contributed by atoms with Gasteiger partial charge in [0.2, 0.25) is 0 Å². The molecule has 0 saturated heterocycles. The number of carbonyl (C=O) groups is 4. The second-order valence-corrected chi connectivity index (χ2v) is 10.6. The van der Waals surface area contributed by atoms with Gasteiger partial charge in [-0.05, 0) is 42.9 Å². The first-order chi connectivity index (χ1) is 13.8. The molecule has 0 bridgehead atoms. The van der Waals surface area contributed by atoms with Crippen LogP contribution in [-0.2, 0) is 28.7 Å². The number of carbonyl (C=O) groups excluding carboxylic acids is 4. The Bertz CT molecular complexity index is 809. The second-order valence-electron chi connectivity index (χ2n) is 10.6. The fourth-order valence-electron chi connectivity index (χ4n) is 6.49. The van der Waals surface area contributed by atoms with Crippen LogP contribution in [0.4, 0.5) is 0 Å². The third-order valence-corrected chi connectivity index (χ3v) is 8.02. The molecule has 30 heavy (non-hydrogen) atoms. The molecule has 0 heterocycles. The summed E-state index contributed by atoms with van der Waals surface area (Å²) in [4.78, 5) is 48.5. The molecule has 0 N–H and O–H groups in total. The highest BCUT2D eigenvalue weighted by Gasteiger charge is 2.61. The van der Waals surface area contributed by atoms with Crippen LogP contribution in [0.1, 0.15) is 73.6 Å². The van der Waals surface area contributed by atoms with Crippen molar-refractivity contribution in [3.63, 3.8) is 0 Å². The Morgan fingerprint density at radius 1 is 1.07 bits per heavy atom. The van der Waals surface area contributed by atoms with Crippen molar-refractivity contribution in [2.75, 3.05) is 6.61 Å². The standard InChI is InChI=1S/C24H34O6/c1-14(25)29-13-20(28)23(5)10-9-17-16(11-23)7-8-19-22(3,4)21(30-15(2)26)18(27)12-24(17,19)6/h7,17,19,21H,8-13H2,1-6H3. The summed E-state index contributed by atoms with van der Waals surface area (Å²) in [6, 6.07) is 0. The first-order valence-electron chi connectivity index (χ1n) is 10.9. The molecule has 0 aromatic carbocycles. The highest BCUT2D eigenvalue weighted by atomic mass is 16.5. The van der Waals surface area contributed by atoms with Gasteiger partial charge in [0.25, 0.3) is 0 Å². The van der Waals surface area contributed by atoms with Crippen molar-refractivity contribution < 1.29 is 28.7 Å². The van der Waals surface area contributed by atoms with Gasteiger partial charge in [-0.1, -0.05) is 39.3 Å². The predicted molar refractivity (Wildman–Crippen MR) is 110 cm³/mol. The number of esters is 2. The van der Waals surface area contributed by atoms with Crippen molar-refractivity contribution in [3.05, 3.63) is 11.6 Å². The van der Waals surface area contributed by atoms with Gasteiger partial charge in [0, 0.05) is 31.1 Å². The van der Waals surface area contributed by atoms with Crippen molar-refractivity contribution in [2.45, 2.75) is 79.8 Å². The van der Waals surface area contributed by atoms with Gasteiger partial charge in [-0.3, -0.25) is 19.2 Å². The van der Waals surface area contributed by atoms with Crippen LogP contribution < -0.4 is 0 Å². The molecule has 3 rings (SSSR count). The van der Waals surface area contributed by atoms with Gasteiger partial charge in [0.1, 0.15) is 0 Å². The number of ether oxygens (including phenoxy) is 2. The highest BCUT2D eigenvalue weighted by Crippen LogP contribution is 2.63. The summed E-state index contributed by atoms with van der Waals surface area (Å²) < 4.78 is 10.4. The van der Waals surface area contributed by atoms with E-state index < -0.39 is 28.9 Å². The Balaban J connectivity index is 1.86. The average Bonchev–Trinajstić information content (AvgIpc) is 2.62. The summed E-state index contributed by atoms with van der Waals surface area (Å²) in [6.07, 6.45) is 4.90. The molecule has 0 spiro atoms. The maximum atomic E-state index is 13.1. The molecule has 0 radical (unpaired) electrons. The summed E-state index contributed by atoms with van der Waals surface area (Å²) >= 11 is 0. The van der Waals surface area contributed by atoms with Crippen molar-refractivity contribution in [3.8, 4) is 0 Å². The monoisotopic (exact) mass is 418 g/mol. The topological polar surface area (TPSA) is 86.7 Å². The lowest BCUT2D eigenvalue weighted by atomic mass is 9.45. The fourth-order valence-corrected chi connectivity index (χ4v) is 6.49. The minimum absolute atomic E-state index is 0.00512. The van der Waals surface area contributed by atoms with Crippen molar-refractivity contribution in [2.24, 2.45) is 28.1 Å². The van der Waals surface area contributed by atoms with Crippen molar-refractivity contribution >= 4 is 23.5 Å². The Labute approximate surface area is 178 Å². The zero-order chi connectivity index (χ0) is 22.5. The van der Waals surface area contributed by atoms with E-state index in [4.69, 9.17) is 9.47 Å². The van der Waals surface area contributed by atoms with E-state index in [2.05, 4.69) is 13.0 Å². The number of Topliss-reactive ketones (excluding diaryl/α,β-unsaturated/α-hetero) is 2. The van der Waals surface area contributed by atoms with Crippen LogP contribution in [0, 0.1) is 28.1 Å². The molecular formula is C24H34O6. The van der Waals surface area contributed by atoms with E-state index in [0.29, 0.717) is 19.3 Å². The lowest BCUT2D eigenvalue weighted by Gasteiger charge is -2.60. The number of hydrogen-bond acceptors (Lipinski definition) is 6. The molecule has 166 valence electrons. The Morgan fingerprint density at radius 2 is 1.73 bits per heavy atom. The van der Waals surface area contributed by atoms with Crippen LogP contribution in [0.2, 0.25) is 0 Å². The number of hydrogen-bond donors (Lipinski definition) is 0. The van der Waals surface area contributed by atoms with Crippen LogP contribution in [0.15, 0.2) is 11.6 Å². The molecule has 6 nitrogen and oxygen atoms in total.